The maximum absolute atomic E-state index is 13.2. The average Bonchev–Trinajstić information content (AvgIpc) is 3.73. The van der Waals surface area contributed by atoms with E-state index < -0.39 is 84.4 Å². The van der Waals surface area contributed by atoms with E-state index in [0.29, 0.717) is 26.1 Å². The van der Waals surface area contributed by atoms with Crippen molar-refractivity contribution in [2.75, 3.05) is 26.4 Å². The van der Waals surface area contributed by atoms with Crippen molar-refractivity contribution < 1.29 is 67.4 Å². The number of aliphatic hydroxyl groups is 2. The first-order valence-electron chi connectivity index (χ1n) is 22.3. The first-order valence-corrected chi connectivity index (χ1v) is 22.3. The van der Waals surface area contributed by atoms with E-state index in [-0.39, 0.29) is 48.4 Å². The summed E-state index contributed by atoms with van der Waals surface area (Å²) in [7, 11) is 0. The van der Waals surface area contributed by atoms with Gasteiger partial charge in [-0.15, -0.1) is 0 Å². The molecule has 0 aromatic rings. The minimum Gasteiger partial charge on any atom is -0.444 e. The normalized spacial score (nSPS) is 24.3. The topological polar surface area (TPSA) is 229 Å². The molecule has 0 aliphatic carbocycles. The molecule has 18 heteroatoms. The number of hydrogen-bond donors (Lipinski definition) is 4. The molecule has 2 rings (SSSR count). The summed E-state index contributed by atoms with van der Waals surface area (Å²) in [5, 5.41) is 27.5. The van der Waals surface area contributed by atoms with Crippen LogP contribution in [0.25, 0.3) is 0 Å². The molecule has 4 unspecified atom stereocenters. The van der Waals surface area contributed by atoms with Gasteiger partial charge in [0, 0.05) is 38.9 Å². The van der Waals surface area contributed by atoms with Crippen molar-refractivity contribution in [1.29, 1.82) is 0 Å². The van der Waals surface area contributed by atoms with Crippen LogP contribution in [0.1, 0.15) is 124 Å². The third kappa shape index (κ3) is 18.9. The summed E-state index contributed by atoms with van der Waals surface area (Å²) in [6.07, 6.45) is 3.42. The molecule has 2 aliphatic rings. The molecule has 0 spiro atoms. The number of amides is 4. The van der Waals surface area contributed by atoms with Crippen molar-refractivity contribution in [2.45, 2.75) is 196 Å². The lowest BCUT2D eigenvalue weighted by molar-refractivity contribution is -0.150. The zero-order valence-electron chi connectivity index (χ0n) is 41.2. The molecule has 2 saturated heterocycles. The molecule has 0 bridgehead atoms. The van der Waals surface area contributed by atoms with Crippen LogP contribution in [-0.2, 0) is 47.6 Å². The van der Waals surface area contributed by atoms with Crippen molar-refractivity contribution in [3.8, 4) is 0 Å². The lowest BCUT2D eigenvalue weighted by atomic mass is 9.89. The van der Waals surface area contributed by atoms with Crippen LogP contribution in [-0.4, -0.2) is 154 Å². The van der Waals surface area contributed by atoms with E-state index in [4.69, 9.17) is 28.4 Å². The predicted molar refractivity (Wildman–Crippen MR) is 240 cm³/mol. The standard InChI is InChI=1S/2C23H40N2O7/c2*1-9-11-17-12-18(14(3)26)25(22(29)32-23(6,7)8)21(17)20(24-15(4)27)19(28)13-31-16(5)30-10-2/h2*9,11,16-21,28H,10,12-13H2,1-8H3,(H,24,27)/b2*11-9-/t16?,17-,18-,19+,20?,21-;16?,17-,18-,19-,20?,21-/m11/s1. The molecule has 368 valence electrons. The molecule has 64 heavy (non-hydrogen) atoms. The number of ketones is 2. The Kier molecular flexibility index (Phi) is 24.4. The van der Waals surface area contributed by atoms with Crippen LogP contribution in [0.3, 0.4) is 0 Å². The van der Waals surface area contributed by atoms with E-state index in [2.05, 4.69) is 10.6 Å². The number of nitrogens with zero attached hydrogens (tertiary/aromatic N) is 2. The minimum atomic E-state index is -1.16. The van der Waals surface area contributed by atoms with Crippen molar-refractivity contribution >= 4 is 35.6 Å². The largest absolute Gasteiger partial charge is 0.444 e. The smallest absolute Gasteiger partial charge is 0.411 e. The Morgan fingerprint density at radius 3 is 1.16 bits per heavy atom. The molecule has 0 aromatic carbocycles. The number of rotatable bonds is 20. The fourth-order valence-electron chi connectivity index (χ4n) is 7.99. The Morgan fingerprint density at radius 1 is 0.609 bits per heavy atom. The average molecular weight is 913 g/mol. The van der Waals surface area contributed by atoms with Crippen LogP contribution in [0, 0.1) is 11.8 Å². The van der Waals surface area contributed by atoms with Gasteiger partial charge in [-0.1, -0.05) is 24.3 Å². The predicted octanol–water partition coefficient (Wildman–Crippen LogP) is 4.82. The van der Waals surface area contributed by atoms with Crippen molar-refractivity contribution in [2.24, 2.45) is 11.8 Å². The highest BCUT2D eigenvalue weighted by molar-refractivity contribution is 5.87. The Bertz CT molecular complexity index is 1460. The van der Waals surface area contributed by atoms with Gasteiger partial charge in [-0.2, -0.15) is 0 Å². The number of carbonyl (C=O) groups is 6. The van der Waals surface area contributed by atoms with Gasteiger partial charge < -0.3 is 49.3 Å². The second kappa shape index (κ2) is 26.9. The first-order chi connectivity index (χ1) is 29.6. The van der Waals surface area contributed by atoms with Gasteiger partial charge in [-0.05, 0) is 110 Å². The summed E-state index contributed by atoms with van der Waals surface area (Å²) in [5.74, 6) is -1.69. The molecule has 0 saturated carbocycles. The molecular formula is C46H80N4O14. The van der Waals surface area contributed by atoms with Crippen LogP contribution >= 0.6 is 0 Å². The van der Waals surface area contributed by atoms with E-state index in [9.17, 15) is 39.0 Å². The van der Waals surface area contributed by atoms with E-state index in [1.807, 2.05) is 52.0 Å². The van der Waals surface area contributed by atoms with Gasteiger partial charge in [-0.25, -0.2) is 9.59 Å². The molecule has 12 atom stereocenters. The summed E-state index contributed by atoms with van der Waals surface area (Å²) < 4.78 is 33.0. The van der Waals surface area contributed by atoms with Crippen molar-refractivity contribution in [3.63, 3.8) is 0 Å². The summed E-state index contributed by atoms with van der Waals surface area (Å²) >= 11 is 0. The van der Waals surface area contributed by atoms with Gasteiger partial charge in [0.2, 0.25) is 11.8 Å². The van der Waals surface area contributed by atoms with Gasteiger partial charge in [-0.3, -0.25) is 29.0 Å². The Morgan fingerprint density at radius 2 is 0.922 bits per heavy atom. The number of likely N-dealkylation sites (tertiary alicyclic amines) is 2. The molecule has 0 radical (unpaired) electrons. The maximum atomic E-state index is 13.2. The highest BCUT2D eigenvalue weighted by Crippen LogP contribution is 2.38. The Labute approximate surface area is 381 Å². The molecule has 2 aliphatic heterocycles. The Balaban J connectivity index is 0.000000640. The van der Waals surface area contributed by atoms with Gasteiger partial charge >= 0.3 is 12.2 Å². The van der Waals surface area contributed by atoms with Gasteiger partial charge in [0.15, 0.2) is 24.1 Å². The number of nitrogens with one attached hydrogen (secondary N) is 2. The molecule has 18 nitrogen and oxygen atoms in total. The second-order valence-electron chi connectivity index (χ2n) is 18.2. The van der Waals surface area contributed by atoms with Crippen LogP contribution in [0.5, 0.6) is 0 Å². The number of carbonyl (C=O) groups excluding carboxylic acids is 6. The monoisotopic (exact) mass is 913 g/mol. The molecule has 4 N–H and O–H groups in total. The zero-order chi connectivity index (χ0) is 49.3. The van der Waals surface area contributed by atoms with Gasteiger partial charge in [0.05, 0.1) is 61.7 Å². The molecule has 2 fully saturated rings. The number of aliphatic hydroxyl groups excluding tert-OH is 2. The summed E-state index contributed by atoms with van der Waals surface area (Å²) in [6.45, 7) is 27.4. The summed E-state index contributed by atoms with van der Waals surface area (Å²) in [5.41, 5.74) is -1.56. The van der Waals surface area contributed by atoms with Crippen LogP contribution in [0.15, 0.2) is 24.3 Å². The second-order valence-corrected chi connectivity index (χ2v) is 18.2. The third-order valence-corrected chi connectivity index (χ3v) is 10.3. The molecule has 0 aromatic heterocycles. The van der Waals surface area contributed by atoms with E-state index in [0.717, 1.165) is 0 Å². The number of Topliss-reactive ketones (excluding diaryl/α,β-unsaturated/α-hetero) is 2. The fourth-order valence-corrected chi connectivity index (χ4v) is 7.99. The van der Waals surface area contributed by atoms with Crippen LogP contribution < -0.4 is 10.6 Å². The lowest BCUT2D eigenvalue weighted by Crippen LogP contribution is -2.60. The summed E-state index contributed by atoms with van der Waals surface area (Å²) in [6, 6.07) is -4.66. The quantitative estimate of drug-likeness (QED) is 0.0949. The molecular weight excluding hydrogens is 833 g/mol. The Hall–Kier alpha value is -3.94. The van der Waals surface area contributed by atoms with Crippen LogP contribution in [0.2, 0.25) is 0 Å². The van der Waals surface area contributed by atoms with Gasteiger partial charge in [0.1, 0.15) is 11.2 Å². The number of hydrogen-bond acceptors (Lipinski definition) is 14. The van der Waals surface area contributed by atoms with Crippen molar-refractivity contribution in [3.05, 3.63) is 24.3 Å². The zero-order valence-corrected chi connectivity index (χ0v) is 41.2. The highest BCUT2D eigenvalue weighted by atomic mass is 16.7. The molecule has 4 amide bonds. The third-order valence-electron chi connectivity index (χ3n) is 10.3. The van der Waals surface area contributed by atoms with Gasteiger partial charge in [0.25, 0.3) is 0 Å². The van der Waals surface area contributed by atoms with E-state index in [1.165, 1.54) is 37.5 Å². The maximum Gasteiger partial charge on any atom is 0.411 e. The number of allylic oxidation sites excluding steroid dienone is 2. The fraction of sp³-hybridized carbons (Fsp3) is 0.783. The van der Waals surface area contributed by atoms with Crippen LogP contribution in [0.4, 0.5) is 9.59 Å². The van der Waals surface area contributed by atoms with E-state index >= 15 is 0 Å². The SMILES string of the molecule is C/C=C\[C@@H]1C[C@H](C(C)=O)N(C(=O)OC(C)(C)C)[C@H]1C(NC(C)=O)[C@@H](O)COC(C)OCC.C/C=C\[C@@H]1C[C@H](C(C)=O)N(C(=O)OC(C)(C)C)[C@H]1C(NC(C)=O)[C@H](O)COC(C)OCC. The first kappa shape index (κ1) is 58.1. The van der Waals surface area contributed by atoms with E-state index in [1.54, 1.807) is 55.4 Å². The van der Waals surface area contributed by atoms with Crippen molar-refractivity contribution in [1.82, 2.24) is 20.4 Å². The summed E-state index contributed by atoms with van der Waals surface area (Å²) in [4.78, 5) is 78.1. The number of ether oxygens (including phenoxy) is 6. The molecule has 2 heterocycles. The lowest BCUT2D eigenvalue weighted by Gasteiger charge is -2.39. The highest BCUT2D eigenvalue weighted by Gasteiger charge is 2.53. The minimum absolute atomic E-state index is 0.127.